The monoisotopic (exact) mass is 228 g/mol. The Balaban J connectivity index is 3.24. The predicted octanol–water partition coefficient (Wildman–Crippen LogP) is 3.14. The van der Waals surface area contributed by atoms with Crippen molar-refractivity contribution in [2.45, 2.75) is 26.2 Å². The average molecular weight is 229 g/mol. The molecule has 0 radical (unpaired) electrons. The van der Waals surface area contributed by atoms with E-state index < -0.39 is 0 Å². The fourth-order valence-electron chi connectivity index (χ4n) is 1.79. The number of hydrogen-bond acceptors (Lipinski definition) is 2. The molecule has 1 rings (SSSR count). The molecule has 0 aliphatic rings. The smallest absolute Gasteiger partial charge is 0.125 e. The van der Waals surface area contributed by atoms with Crippen LogP contribution in [0.15, 0.2) is 12.1 Å². The minimum Gasteiger partial charge on any atom is -0.496 e. The molecule has 0 aliphatic carbocycles. The van der Waals surface area contributed by atoms with E-state index in [-0.39, 0.29) is 12.5 Å². The van der Waals surface area contributed by atoms with Crippen molar-refractivity contribution in [1.82, 2.24) is 0 Å². The van der Waals surface area contributed by atoms with Crippen molar-refractivity contribution in [2.75, 3.05) is 13.7 Å². The predicted molar refractivity (Wildman–Crippen MR) is 62.9 cm³/mol. The number of aryl methyl sites for hydroxylation is 1. The van der Waals surface area contributed by atoms with Gasteiger partial charge >= 0.3 is 0 Å². The Hall–Kier alpha value is -0.730. The number of hydrogen-bond donors (Lipinski definition) is 1. The van der Waals surface area contributed by atoms with Crippen LogP contribution in [0.1, 0.15) is 30.4 Å². The van der Waals surface area contributed by atoms with E-state index in [9.17, 15) is 5.11 Å². The standard InChI is InChI=1S/C12H17ClO2/c1-4-9(7-14)11-6-10(13)5-8(2)12(11)15-3/h5-6,9,14H,4,7H2,1-3H3. The Morgan fingerprint density at radius 2 is 2.13 bits per heavy atom. The van der Waals surface area contributed by atoms with Crippen LogP contribution in [0.5, 0.6) is 5.75 Å². The number of aliphatic hydroxyl groups is 1. The summed E-state index contributed by atoms with van der Waals surface area (Å²) in [5.41, 5.74) is 2.00. The second kappa shape index (κ2) is 5.38. The van der Waals surface area contributed by atoms with Crippen molar-refractivity contribution in [3.05, 3.63) is 28.3 Å². The summed E-state index contributed by atoms with van der Waals surface area (Å²) in [6, 6.07) is 3.74. The van der Waals surface area contributed by atoms with Crippen LogP contribution in [-0.2, 0) is 0 Å². The Morgan fingerprint density at radius 1 is 1.47 bits per heavy atom. The lowest BCUT2D eigenvalue weighted by molar-refractivity contribution is 0.259. The van der Waals surface area contributed by atoms with Crippen LogP contribution in [0.25, 0.3) is 0 Å². The van der Waals surface area contributed by atoms with Crippen LogP contribution in [0.2, 0.25) is 5.02 Å². The molecular formula is C12H17ClO2. The first-order chi connectivity index (χ1) is 7.13. The van der Waals surface area contributed by atoms with E-state index in [1.54, 1.807) is 7.11 Å². The van der Waals surface area contributed by atoms with Gasteiger partial charge in [-0.2, -0.15) is 0 Å². The first kappa shape index (κ1) is 12.3. The molecule has 0 fully saturated rings. The molecule has 2 nitrogen and oxygen atoms in total. The molecule has 84 valence electrons. The highest BCUT2D eigenvalue weighted by Gasteiger charge is 2.16. The second-order valence-electron chi connectivity index (χ2n) is 3.63. The van der Waals surface area contributed by atoms with Crippen molar-refractivity contribution in [2.24, 2.45) is 0 Å². The Morgan fingerprint density at radius 3 is 2.60 bits per heavy atom. The van der Waals surface area contributed by atoms with Crippen LogP contribution in [0, 0.1) is 6.92 Å². The molecule has 1 aromatic carbocycles. The summed E-state index contributed by atoms with van der Waals surface area (Å²) in [6.07, 6.45) is 0.868. The lowest BCUT2D eigenvalue weighted by Gasteiger charge is -2.18. The van der Waals surface area contributed by atoms with Gasteiger partial charge in [0.1, 0.15) is 5.75 Å². The van der Waals surface area contributed by atoms with Gasteiger partial charge in [-0.25, -0.2) is 0 Å². The summed E-state index contributed by atoms with van der Waals surface area (Å²) in [7, 11) is 1.64. The summed E-state index contributed by atoms with van der Waals surface area (Å²) in [6.45, 7) is 4.11. The minimum absolute atomic E-state index is 0.0948. The zero-order chi connectivity index (χ0) is 11.4. The summed E-state index contributed by atoms with van der Waals surface area (Å²) >= 11 is 6.00. The molecule has 0 heterocycles. The zero-order valence-electron chi connectivity index (χ0n) is 9.38. The van der Waals surface area contributed by atoms with Crippen LogP contribution in [0.4, 0.5) is 0 Å². The number of halogens is 1. The van der Waals surface area contributed by atoms with Crippen molar-refractivity contribution in [1.29, 1.82) is 0 Å². The molecule has 0 bridgehead atoms. The van der Waals surface area contributed by atoms with Gasteiger partial charge in [-0.15, -0.1) is 0 Å². The summed E-state index contributed by atoms with van der Waals surface area (Å²) in [4.78, 5) is 0. The number of aliphatic hydroxyl groups excluding tert-OH is 1. The van der Waals surface area contributed by atoms with Crippen LogP contribution >= 0.6 is 11.6 Å². The third kappa shape index (κ3) is 2.64. The molecule has 1 N–H and O–H groups in total. The highest BCUT2D eigenvalue weighted by Crippen LogP contribution is 2.34. The third-order valence-corrected chi connectivity index (χ3v) is 2.84. The molecule has 1 unspecified atom stereocenters. The maximum absolute atomic E-state index is 9.28. The van der Waals surface area contributed by atoms with Gasteiger partial charge in [0.25, 0.3) is 0 Å². The van der Waals surface area contributed by atoms with Gasteiger partial charge in [-0.3, -0.25) is 0 Å². The molecule has 1 atom stereocenters. The molecule has 1 aromatic rings. The lowest BCUT2D eigenvalue weighted by Crippen LogP contribution is -2.06. The highest BCUT2D eigenvalue weighted by atomic mass is 35.5. The molecule has 0 amide bonds. The van der Waals surface area contributed by atoms with E-state index >= 15 is 0 Å². The van der Waals surface area contributed by atoms with Gasteiger partial charge in [0.2, 0.25) is 0 Å². The Kier molecular flexibility index (Phi) is 4.43. The van der Waals surface area contributed by atoms with Crippen molar-refractivity contribution >= 4 is 11.6 Å². The molecule has 3 heteroatoms. The van der Waals surface area contributed by atoms with E-state index in [0.717, 1.165) is 23.3 Å². The van der Waals surface area contributed by atoms with Crippen molar-refractivity contribution in [3.8, 4) is 5.75 Å². The SMILES string of the molecule is CCC(CO)c1cc(Cl)cc(C)c1OC. The molecular weight excluding hydrogens is 212 g/mol. The number of methoxy groups -OCH3 is 1. The van der Waals surface area contributed by atoms with E-state index in [2.05, 4.69) is 0 Å². The van der Waals surface area contributed by atoms with Crippen molar-refractivity contribution < 1.29 is 9.84 Å². The minimum atomic E-state index is 0.0948. The second-order valence-corrected chi connectivity index (χ2v) is 4.07. The van der Waals surface area contributed by atoms with E-state index in [0.29, 0.717) is 5.02 Å². The quantitative estimate of drug-likeness (QED) is 0.858. The van der Waals surface area contributed by atoms with Gasteiger partial charge < -0.3 is 9.84 Å². The number of rotatable bonds is 4. The first-order valence-corrected chi connectivity index (χ1v) is 5.46. The average Bonchev–Trinajstić information content (AvgIpc) is 2.19. The van der Waals surface area contributed by atoms with E-state index in [1.165, 1.54) is 0 Å². The molecule has 15 heavy (non-hydrogen) atoms. The maximum Gasteiger partial charge on any atom is 0.125 e. The third-order valence-electron chi connectivity index (χ3n) is 2.63. The molecule has 0 saturated heterocycles. The Bertz CT molecular complexity index is 333. The van der Waals surface area contributed by atoms with Crippen molar-refractivity contribution in [3.63, 3.8) is 0 Å². The molecule has 0 aliphatic heterocycles. The normalized spacial score (nSPS) is 12.6. The van der Waals surface area contributed by atoms with Crippen LogP contribution in [0.3, 0.4) is 0 Å². The summed E-state index contributed by atoms with van der Waals surface area (Å²) in [5, 5.41) is 9.97. The van der Waals surface area contributed by atoms with Gasteiger partial charge in [0.05, 0.1) is 13.7 Å². The molecule has 0 spiro atoms. The molecule has 0 aromatic heterocycles. The maximum atomic E-state index is 9.28. The fourth-order valence-corrected chi connectivity index (χ4v) is 2.07. The fraction of sp³-hybridized carbons (Fsp3) is 0.500. The summed E-state index contributed by atoms with van der Waals surface area (Å²) < 4.78 is 5.35. The van der Waals surface area contributed by atoms with Crippen LogP contribution < -0.4 is 4.74 Å². The highest BCUT2D eigenvalue weighted by molar-refractivity contribution is 6.30. The molecule has 0 saturated carbocycles. The number of ether oxygens (including phenoxy) is 1. The topological polar surface area (TPSA) is 29.5 Å². The van der Waals surface area contributed by atoms with Crippen LogP contribution in [-0.4, -0.2) is 18.8 Å². The van der Waals surface area contributed by atoms with E-state index in [4.69, 9.17) is 16.3 Å². The zero-order valence-corrected chi connectivity index (χ0v) is 10.1. The lowest BCUT2D eigenvalue weighted by atomic mass is 9.94. The summed E-state index contributed by atoms with van der Waals surface area (Å²) in [5.74, 6) is 0.928. The van der Waals surface area contributed by atoms with Gasteiger partial charge in [0.15, 0.2) is 0 Å². The van der Waals surface area contributed by atoms with E-state index in [1.807, 2.05) is 26.0 Å². The van der Waals surface area contributed by atoms with Gasteiger partial charge in [-0.05, 0) is 31.0 Å². The van der Waals surface area contributed by atoms with Gasteiger partial charge in [-0.1, -0.05) is 18.5 Å². The van der Waals surface area contributed by atoms with Gasteiger partial charge in [0, 0.05) is 16.5 Å². The first-order valence-electron chi connectivity index (χ1n) is 5.08. The largest absolute Gasteiger partial charge is 0.496 e. The number of benzene rings is 1. The Labute approximate surface area is 95.8 Å².